The third-order valence-electron chi connectivity index (χ3n) is 3.38. The fourth-order valence-corrected chi connectivity index (χ4v) is 2.35. The monoisotopic (exact) mass is 292 g/mol. The molecule has 2 rings (SSSR count). The van der Waals surface area contributed by atoms with Crippen molar-refractivity contribution >= 4 is 12.4 Å². The minimum atomic E-state index is -2.78. The molecule has 0 bridgehead atoms. The predicted molar refractivity (Wildman–Crippen MR) is 72.8 cm³/mol. The van der Waals surface area contributed by atoms with Gasteiger partial charge in [0.25, 0.3) is 0 Å². The van der Waals surface area contributed by atoms with E-state index in [0.717, 1.165) is 31.5 Å². The molecule has 0 amide bonds. The molecule has 0 spiro atoms. The second kappa shape index (κ2) is 7.62. The Labute approximate surface area is 117 Å². The number of ether oxygens (including phenoxy) is 1. The van der Waals surface area contributed by atoms with Crippen molar-refractivity contribution in [2.75, 3.05) is 13.1 Å². The molecule has 0 radical (unpaired) electrons. The summed E-state index contributed by atoms with van der Waals surface area (Å²) in [5, 5.41) is 3.29. The molecular weight excluding hydrogens is 274 g/mol. The number of hydrogen-bond donors (Lipinski definition) is 2. The van der Waals surface area contributed by atoms with E-state index in [9.17, 15) is 8.78 Å². The van der Waals surface area contributed by atoms with Gasteiger partial charge in [-0.15, -0.1) is 12.4 Å². The van der Waals surface area contributed by atoms with Crippen LogP contribution in [0.2, 0.25) is 0 Å². The van der Waals surface area contributed by atoms with Gasteiger partial charge in [-0.05, 0) is 49.5 Å². The molecule has 1 aliphatic heterocycles. The molecule has 3 N–H and O–H groups in total. The molecule has 1 fully saturated rings. The van der Waals surface area contributed by atoms with Gasteiger partial charge in [0.1, 0.15) is 5.75 Å². The van der Waals surface area contributed by atoms with Gasteiger partial charge >= 0.3 is 6.61 Å². The van der Waals surface area contributed by atoms with E-state index < -0.39 is 6.61 Å². The molecule has 6 heteroatoms. The molecule has 1 aromatic rings. The normalized spacial score (nSPS) is 17.9. The first kappa shape index (κ1) is 16.1. The molecule has 108 valence electrons. The highest BCUT2D eigenvalue weighted by atomic mass is 35.5. The van der Waals surface area contributed by atoms with Crippen LogP contribution in [0, 0.1) is 5.92 Å². The number of piperidine rings is 1. The molecule has 1 heterocycles. The fourth-order valence-electron chi connectivity index (χ4n) is 2.35. The molecule has 0 aromatic heterocycles. The lowest BCUT2D eigenvalue weighted by Crippen LogP contribution is -2.33. The number of rotatable bonds is 4. The molecule has 19 heavy (non-hydrogen) atoms. The number of hydrogen-bond acceptors (Lipinski definition) is 3. The minimum absolute atomic E-state index is 0. The Morgan fingerprint density at radius 1 is 1.16 bits per heavy atom. The quantitative estimate of drug-likeness (QED) is 0.897. The van der Waals surface area contributed by atoms with Gasteiger partial charge in [-0.2, -0.15) is 8.78 Å². The van der Waals surface area contributed by atoms with Crippen molar-refractivity contribution in [2.24, 2.45) is 11.7 Å². The van der Waals surface area contributed by atoms with Gasteiger partial charge in [-0.3, -0.25) is 0 Å². The highest BCUT2D eigenvalue weighted by Crippen LogP contribution is 2.28. The van der Waals surface area contributed by atoms with E-state index in [0.29, 0.717) is 5.92 Å². The third kappa shape index (κ3) is 4.60. The van der Waals surface area contributed by atoms with Gasteiger partial charge in [0, 0.05) is 6.04 Å². The lowest BCUT2D eigenvalue weighted by atomic mass is 9.86. The molecular formula is C13H19ClF2N2O. The van der Waals surface area contributed by atoms with Crippen LogP contribution in [-0.4, -0.2) is 19.7 Å². The molecule has 0 aliphatic carbocycles. The van der Waals surface area contributed by atoms with Crippen molar-refractivity contribution < 1.29 is 13.5 Å². The Balaban J connectivity index is 0.00000180. The zero-order valence-corrected chi connectivity index (χ0v) is 11.3. The summed E-state index contributed by atoms with van der Waals surface area (Å²) in [6.07, 6.45) is 2.10. The first-order valence-electron chi connectivity index (χ1n) is 6.18. The van der Waals surface area contributed by atoms with Crippen LogP contribution in [0.4, 0.5) is 8.78 Å². The minimum Gasteiger partial charge on any atom is -0.435 e. The van der Waals surface area contributed by atoms with Crippen LogP contribution < -0.4 is 15.8 Å². The molecule has 1 saturated heterocycles. The van der Waals surface area contributed by atoms with Gasteiger partial charge in [-0.25, -0.2) is 0 Å². The van der Waals surface area contributed by atoms with Crippen LogP contribution >= 0.6 is 12.4 Å². The van der Waals surface area contributed by atoms with Crippen LogP contribution in [0.1, 0.15) is 24.4 Å². The average Bonchev–Trinajstić information content (AvgIpc) is 2.39. The Bertz CT molecular complexity index is 369. The molecule has 1 aliphatic rings. The summed E-state index contributed by atoms with van der Waals surface area (Å²) in [5.74, 6) is 0.624. The zero-order valence-electron chi connectivity index (χ0n) is 10.5. The van der Waals surface area contributed by atoms with E-state index in [-0.39, 0.29) is 24.2 Å². The van der Waals surface area contributed by atoms with Crippen molar-refractivity contribution in [3.8, 4) is 5.75 Å². The molecule has 1 atom stereocenters. The summed E-state index contributed by atoms with van der Waals surface area (Å²) in [6.45, 7) is -0.801. The predicted octanol–water partition coefficient (Wildman–Crippen LogP) is 2.71. The lowest BCUT2D eigenvalue weighted by Gasteiger charge is -2.28. The topological polar surface area (TPSA) is 47.3 Å². The van der Waals surface area contributed by atoms with Crippen molar-refractivity contribution in [3.63, 3.8) is 0 Å². The van der Waals surface area contributed by atoms with Gasteiger partial charge in [0.15, 0.2) is 0 Å². The third-order valence-corrected chi connectivity index (χ3v) is 3.38. The highest BCUT2D eigenvalue weighted by molar-refractivity contribution is 5.85. The molecule has 3 nitrogen and oxygen atoms in total. The summed E-state index contributed by atoms with van der Waals surface area (Å²) < 4.78 is 28.3. The number of halogens is 3. The van der Waals surface area contributed by atoms with Gasteiger partial charge in [0.2, 0.25) is 0 Å². The summed E-state index contributed by atoms with van der Waals surface area (Å²) in [6, 6.07) is 6.59. The van der Waals surface area contributed by atoms with Crippen LogP contribution in [0.3, 0.4) is 0 Å². The smallest absolute Gasteiger partial charge is 0.387 e. The molecule has 0 saturated carbocycles. The zero-order chi connectivity index (χ0) is 13.0. The summed E-state index contributed by atoms with van der Waals surface area (Å²) >= 11 is 0. The summed E-state index contributed by atoms with van der Waals surface area (Å²) in [5.41, 5.74) is 7.18. The average molecular weight is 293 g/mol. The van der Waals surface area contributed by atoms with Crippen LogP contribution in [0.15, 0.2) is 24.3 Å². The second-order valence-electron chi connectivity index (χ2n) is 4.56. The fraction of sp³-hybridized carbons (Fsp3) is 0.538. The van der Waals surface area contributed by atoms with E-state index in [1.807, 2.05) is 0 Å². The van der Waals surface area contributed by atoms with Crippen LogP contribution in [0.5, 0.6) is 5.75 Å². The van der Waals surface area contributed by atoms with Crippen molar-refractivity contribution in [3.05, 3.63) is 29.8 Å². The summed E-state index contributed by atoms with van der Waals surface area (Å²) in [7, 11) is 0. The van der Waals surface area contributed by atoms with Gasteiger partial charge < -0.3 is 15.8 Å². The number of alkyl halides is 2. The van der Waals surface area contributed by atoms with E-state index in [2.05, 4.69) is 10.1 Å². The Morgan fingerprint density at radius 3 is 2.26 bits per heavy atom. The van der Waals surface area contributed by atoms with Crippen LogP contribution in [0.25, 0.3) is 0 Å². The first-order valence-corrected chi connectivity index (χ1v) is 6.18. The maximum Gasteiger partial charge on any atom is 0.387 e. The Morgan fingerprint density at radius 2 is 1.74 bits per heavy atom. The summed E-state index contributed by atoms with van der Waals surface area (Å²) in [4.78, 5) is 0. The maximum absolute atomic E-state index is 12.0. The Hall–Kier alpha value is -0.910. The first-order chi connectivity index (χ1) is 8.66. The van der Waals surface area contributed by atoms with Crippen molar-refractivity contribution in [2.45, 2.75) is 25.5 Å². The molecule has 0 unspecified atom stereocenters. The van der Waals surface area contributed by atoms with Crippen molar-refractivity contribution in [1.29, 1.82) is 0 Å². The number of benzene rings is 1. The van der Waals surface area contributed by atoms with Gasteiger partial charge in [0.05, 0.1) is 0 Å². The number of nitrogens with one attached hydrogen (secondary N) is 1. The van der Waals surface area contributed by atoms with E-state index in [1.54, 1.807) is 24.3 Å². The maximum atomic E-state index is 12.0. The van der Waals surface area contributed by atoms with Gasteiger partial charge in [-0.1, -0.05) is 12.1 Å². The Kier molecular flexibility index (Phi) is 6.48. The highest BCUT2D eigenvalue weighted by Gasteiger charge is 2.21. The van der Waals surface area contributed by atoms with Crippen molar-refractivity contribution in [1.82, 2.24) is 5.32 Å². The lowest BCUT2D eigenvalue weighted by molar-refractivity contribution is -0.0498. The molecule has 1 aromatic carbocycles. The van der Waals surface area contributed by atoms with E-state index in [4.69, 9.17) is 5.73 Å². The second-order valence-corrected chi connectivity index (χ2v) is 4.56. The SMILES string of the molecule is Cl.N[C@@H](c1ccc(OC(F)F)cc1)C1CCNCC1. The number of nitrogens with two attached hydrogens (primary N) is 1. The van der Waals surface area contributed by atoms with E-state index in [1.165, 1.54) is 0 Å². The van der Waals surface area contributed by atoms with Crippen LogP contribution in [-0.2, 0) is 0 Å². The largest absolute Gasteiger partial charge is 0.435 e. The standard InChI is InChI=1S/C13H18F2N2O.ClH/c14-13(15)18-11-3-1-9(2-4-11)12(16)10-5-7-17-8-6-10;/h1-4,10,12-13,17H,5-8,16H2;1H/t12-;/m0./s1. The van der Waals surface area contributed by atoms with E-state index >= 15 is 0 Å².